The molecule has 99 valence electrons. The Balaban J connectivity index is 1.83. The average Bonchev–Trinajstić information content (AvgIpc) is 2.92. The molecule has 0 amide bonds. The van der Waals surface area contributed by atoms with Gasteiger partial charge in [0.05, 0.1) is 25.5 Å². The fraction of sp³-hybridized carbons (Fsp3) is 0.357. The molecule has 5 radical (unpaired) electrons. The molecule has 0 aromatic carbocycles. The van der Waals surface area contributed by atoms with Gasteiger partial charge in [-0.25, -0.2) is 4.79 Å². The van der Waals surface area contributed by atoms with Crippen molar-refractivity contribution in [3.63, 3.8) is 0 Å². The Morgan fingerprint density at radius 3 is 2.89 bits per heavy atom. The lowest BCUT2D eigenvalue weighted by molar-refractivity contribution is 0.0511. The monoisotopic (exact) mass is 259 g/mol. The molecule has 1 aliphatic carbocycles. The zero-order valence-corrected chi connectivity index (χ0v) is 10.7. The number of aromatic nitrogens is 2. The van der Waals surface area contributed by atoms with E-state index in [2.05, 4.69) is 5.10 Å². The molecule has 5 heteroatoms. The van der Waals surface area contributed by atoms with Crippen LogP contribution in [-0.2, 0) is 16.0 Å². The Morgan fingerprint density at radius 2 is 2.26 bits per heavy atom. The molecule has 5 nitrogen and oxygen atoms in total. The number of esters is 1. The normalized spacial score (nSPS) is 22.7. The van der Waals surface area contributed by atoms with Gasteiger partial charge in [0.1, 0.15) is 11.8 Å². The minimum atomic E-state index is -0.339. The molecule has 1 aromatic heterocycles. The molecule has 3 rings (SSSR count). The molecule has 0 spiro atoms. The van der Waals surface area contributed by atoms with Gasteiger partial charge < -0.3 is 9.47 Å². The molecule has 1 aliphatic heterocycles. The first-order chi connectivity index (χ1) is 9.28. The maximum absolute atomic E-state index is 11.9. The summed E-state index contributed by atoms with van der Waals surface area (Å²) in [6.45, 7) is 3.47. The number of nitrogens with zero attached hydrogens (tertiary/aromatic N) is 2. The first-order valence-corrected chi connectivity index (χ1v) is 6.36. The first-order valence-electron chi connectivity index (χ1n) is 6.36. The molecule has 2 aliphatic rings. The summed E-state index contributed by atoms with van der Waals surface area (Å²) in [6, 6.07) is 1.77. The SMILES string of the molecule is CCOC(=O)c1cc([C]2[CH][CH][CH][CH]2)nn1C[C@H]1CO1. The average molecular weight is 259 g/mol. The minimum absolute atomic E-state index is 0.167. The molecular weight excluding hydrogens is 244 g/mol. The number of rotatable bonds is 5. The van der Waals surface area contributed by atoms with Crippen LogP contribution in [0.5, 0.6) is 0 Å². The Morgan fingerprint density at radius 1 is 1.53 bits per heavy atom. The van der Waals surface area contributed by atoms with Crippen molar-refractivity contribution in [2.75, 3.05) is 13.2 Å². The number of hydrogen-bond donors (Lipinski definition) is 0. The van der Waals surface area contributed by atoms with Gasteiger partial charge in [-0.1, -0.05) is 0 Å². The van der Waals surface area contributed by atoms with Gasteiger partial charge in [-0.3, -0.25) is 4.68 Å². The summed E-state index contributed by atoms with van der Waals surface area (Å²) in [4.78, 5) is 11.9. The van der Waals surface area contributed by atoms with E-state index in [1.54, 1.807) is 17.7 Å². The molecule has 1 saturated heterocycles. The predicted molar refractivity (Wildman–Crippen MR) is 67.5 cm³/mol. The third-order valence-corrected chi connectivity index (χ3v) is 3.00. The molecule has 0 bridgehead atoms. The fourth-order valence-corrected chi connectivity index (χ4v) is 1.98. The van der Waals surface area contributed by atoms with E-state index in [-0.39, 0.29) is 12.1 Å². The van der Waals surface area contributed by atoms with Gasteiger partial charge in [-0.05, 0) is 38.7 Å². The van der Waals surface area contributed by atoms with Gasteiger partial charge in [0.25, 0.3) is 0 Å². The van der Waals surface area contributed by atoms with E-state index >= 15 is 0 Å². The van der Waals surface area contributed by atoms with E-state index in [4.69, 9.17) is 9.47 Å². The van der Waals surface area contributed by atoms with Crippen LogP contribution in [0.2, 0.25) is 0 Å². The molecule has 1 saturated carbocycles. The van der Waals surface area contributed by atoms with E-state index in [0.29, 0.717) is 18.8 Å². The Hall–Kier alpha value is -1.36. The standard InChI is InChI=1S/C14H15N2O3/c1-2-18-14(17)13-7-12(10-5-3-4-6-10)15-16(13)8-11-9-19-11/h3-7,11H,2,8-9H2,1H3/t11-/m0/s1. The van der Waals surface area contributed by atoms with Gasteiger partial charge in [0.2, 0.25) is 0 Å². The Bertz CT molecular complexity index is 459. The van der Waals surface area contributed by atoms with Crippen LogP contribution in [0.4, 0.5) is 0 Å². The van der Waals surface area contributed by atoms with E-state index in [9.17, 15) is 4.79 Å². The van der Waals surface area contributed by atoms with Crippen molar-refractivity contribution in [1.29, 1.82) is 0 Å². The minimum Gasteiger partial charge on any atom is -0.461 e. The van der Waals surface area contributed by atoms with E-state index in [0.717, 1.165) is 18.2 Å². The molecule has 19 heavy (non-hydrogen) atoms. The zero-order valence-electron chi connectivity index (χ0n) is 10.7. The summed E-state index contributed by atoms with van der Waals surface area (Å²) >= 11 is 0. The highest BCUT2D eigenvalue weighted by Gasteiger charge is 2.29. The second-order valence-corrected chi connectivity index (χ2v) is 4.45. The van der Waals surface area contributed by atoms with Crippen LogP contribution in [0.15, 0.2) is 6.07 Å². The van der Waals surface area contributed by atoms with Crippen molar-refractivity contribution in [3.05, 3.63) is 49.1 Å². The summed E-state index contributed by atoms with van der Waals surface area (Å²) in [5, 5.41) is 4.47. The summed E-state index contributed by atoms with van der Waals surface area (Å²) in [6.07, 6.45) is 8.00. The van der Waals surface area contributed by atoms with E-state index in [1.807, 2.05) is 25.7 Å². The molecule has 1 aromatic rings. The van der Waals surface area contributed by atoms with Gasteiger partial charge in [-0.2, -0.15) is 5.10 Å². The number of ether oxygens (including phenoxy) is 2. The van der Waals surface area contributed by atoms with Crippen LogP contribution in [0.25, 0.3) is 0 Å². The van der Waals surface area contributed by atoms with Crippen LogP contribution in [0.1, 0.15) is 23.1 Å². The highest BCUT2D eigenvalue weighted by Crippen LogP contribution is 2.30. The van der Waals surface area contributed by atoms with Crippen molar-refractivity contribution in [3.8, 4) is 0 Å². The smallest absolute Gasteiger partial charge is 0.356 e. The third-order valence-electron chi connectivity index (χ3n) is 3.00. The lowest BCUT2D eigenvalue weighted by Gasteiger charge is -2.04. The summed E-state index contributed by atoms with van der Waals surface area (Å²) in [5.41, 5.74) is 1.27. The van der Waals surface area contributed by atoms with Gasteiger partial charge in [-0.15, -0.1) is 0 Å². The molecule has 0 N–H and O–H groups in total. The number of epoxide rings is 1. The quantitative estimate of drug-likeness (QED) is 0.589. The number of hydrogen-bond acceptors (Lipinski definition) is 4. The maximum atomic E-state index is 11.9. The summed E-state index contributed by atoms with van der Waals surface area (Å²) in [5.74, 6) is 0.662. The second-order valence-electron chi connectivity index (χ2n) is 4.45. The van der Waals surface area contributed by atoms with Crippen LogP contribution in [0.3, 0.4) is 0 Å². The van der Waals surface area contributed by atoms with Crippen molar-refractivity contribution in [1.82, 2.24) is 9.78 Å². The van der Waals surface area contributed by atoms with Gasteiger partial charge >= 0.3 is 5.97 Å². The maximum Gasteiger partial charge on any atom is 0.356 e. The van der Waals surface area contributed by atoms with Crippen LogP contribution in [0, 0.1) is 31.6 Å². The third kappa shape index (κ3) is 2.81. The molecule has 2 fully saturated rings. The van der Waals surface area contributed by atoms with Gasteiger partial charge in [0, 0.05) is 5.92 Å². The van der Waals surface area contributed by atoms with Crippen molar-refractivity contribution >= 4 is 5.97 Å². The Labute approximate surface area is 112 Å². The second kappa shape index (κ2) is 5.33. The highest BCUT2D eigenvalue weighted by atomic mass is 16.6. The summed E-state index contributed by atoms with van der Waals surface area (Å²) < 4.78 is 11.9. The lowest BCUT2D eigenvalue weighted by atomic mass is 10.0. The number of carbonyl (C=O) groups is 1. The Kier molecular flexibility index (Phi) is 3.55. The number of carbonyl (C=O) groups excluding carboxylic acids is 1. The largest absolute Gasteiger partial charge is 0.461 e. The first kappa shape index (κ1) is 12.7. The lowest BCUT2D eigenvalue weighted by Crippen LogP contribution is -2.15. The van der Waals surface area contributed by atoms with Crippen molar-refractivity contribution in [2.24, 2.45) is 0 Å². The highest BCUT2D eigenvalue weighted by molar-refractivity contribution is 5.88. The van der Waals surface area contributed by atoms with Crippen molar-refractivity contribution in [2.45, 2.75) is 19.6 Å². The fourth-order valence-electron chi connectivity index (χ4n) is 1.98. The molecular formula is C14H15N2O3. The molecule has 0 unspecified atom stereocenters. The van der Waals surface area contributed by atoms with Crippen LogP contribution < -0.4 is 0 Å². The summed E-state index contributed by atoms with van der Waals surface area (Å²) in [7, 11) is 0. The predicted octanol–water partition coefficient (Wildman–Crippen LogP) is 1.21. The van der Waals surface area contributed by atoms with E-state index < -0.39 is 0 Å². The molecule has 2 heterocycles. The van der Waals surface area contributed by atoms with Crippen LogP contribution >= 0.6 is 0 Å². The topological polar surface area (TPSA) is 56.6 Å². The van der Waals surface area contributed by atoms with Gasteiger partial charge in [0.15, 0.2) is 0 Å². The van der Waals surface area contributed by atoms with E-state index in [1.165, 1.54) is 0 Å². The zero-order chi connectivity index (χ0) is 13.2. The van der Waals surface area contributed by atoms with Crippen LogP contribution in [-0.4, -0.2) is 35.1 Å². The van der Waals surface area contributed by atoms with Crippen molar-refractivity contribution < 1.29 is 14.3 Å². The molecule has 1 atom stereocenters.